The van der Waals surface area contributed by atoms with Gasteiger partial charge in [-0.2, -0.15) is 0 Å². The zero-order valence-electron chi connectivity index (χ0n) is 9.56. The second kappa shape index (κ2) is 4.56. The molecule has 90 valence electrons. The molecule has 4 nitrogen and oxygen atoms in total. The number of carbonyl (C=O) groups excluding carboxylic acids is 1. The lowest BCUT2D eigenvalue weighted by atomic mass is 9.94. The fourth-order valence-corrected chi connectivity index (χ4v) is 2.93. The second-order valence-electron chi connectivity index (χ2n) is 4.69. The predicted octanol–water partition coefficient (Wildman–Crippen LogP) is 2.71. The Kier molecular flexibility index (Phi) is 2.93. The van der Waals surface area contributed by atoms with E-state index in [9.17, 15) is 4.79 Å². The molecule has 1 aromatic rings. The molecule has 2 aliphatic rings. The Labute approximate surface area is 104 Å². The minimum Gasteiger partial charge on any atom is -0.300 e. The fourth-order valence-electron chi connectivity index (χ4n) is 2.02. The summed E-state index contributed by atoms with van der Waals surface area (Å²) in [6, 6.07) is 0. The van der Waals surface area contributed by atoms with Crippen molar-refractivity contribution in [2.75, 3.05) is 5.32 Å². The van der Waals surface area contributed by atoms with Crippen LogP contribution >= 0.6 is 11.3 Å². The number of amides is 1. The molecule has 1 atom stereocenters. The first-order chi connectivity index (χ1) is 8.33. The lowest BCUT2D eigenvalue weighted by Gasteiger charge is -2.15. The number of aromatic nitrogens is 2. The maximum absolute atomic E-state index is 12.0. The topological polar surface area (TPSA) is 54.9 Å². The molecule has 0 aliphatic heterocycles. The number of carbonyl (C=O) groups is 1. The van der Waals surface area contributed by atoms with Gasteiger partial charge in [-0.25, -0.2) is 0 Å². The van der Waals surface area contributed by atoms with Crippen LogP contribution in [0.3, 0.4) is 0 Å². The first-order valence-corrected chi connectivity index (χ1v) is 6.94. The number of anilines is 1. The van der Waals surface area contributed by atoms with Crippen molar-refractivity contribution >= 4 is 22.4 Å². The van der Waals surface area contributed by atoms with Gasteiger partial charge < -0.3 is 5.32 Å². The quantitative estimate of drug-likeness (QED) is 0.838. The van der Waals surface area contributed by atoms with E-state index in [1.54, 1.807) is 0 Å². The molecule has 1 unspecified atom stereocenters. The highest BCUT2D eigenvalue weighted by Crippen LogP contribution is 2.42. The van der Waals surface area contributed by atoms with Crippen LogP contribution in [0.2, 0.25) is 0 Å². The van der Waals surface area contributed by atoms with Gasteiger partial charge >= 0.3 is 0 Å². The lowest BCUT2D eigenvalue weighted by Crippen LogP contribution is -2.23. The molecule has 1 saturated carbocycles. The Morgan fingerprint density at radius 2 is 2.18 bits per heavy atom. The summed E-state index contributed by atoms with van der Waals surface area (Å²) in [5, 5.41) is 12.8. The Morgan fingerprint density at radius 1 is 1.29 bits per heavy atom. The first kappa shape index (κ1) is 10.9. The minimum atomic E-state index is 0.0906. The van der Waals surface area contributed by atoms with E-state index in [0.717, 1.165) is 24.3 Å². The van der Waals surface area contributed by atoms with Crippen molar-refractivity contribution in [3.05, 3.63) is 17.2 Å². The van der Waals surface area contributed by atoms with Gasteiger partial charge in [0.1, 0.15) is 5.01 Å². The number of hydrogen-bond donors (Lipinski definition) is 1. The molecule has 0 bridgehead atoms. The van der Waals surface area contributed by atoms with Crippen LogP contribution in [0, 0.1) is 5.92 Å². The molecule has 0 saturated heterocycles. The van der Waals surface area contributed by atoms with Gasteiger partial charge in [0.25, 0.3) is 0 Å². The lowest BCUT2D eigenvalue weighted by molar-refractivity contribution is -0.120. The van der Waals surface area contributed by atoms with Gasteiger partial charge in [-0.05, 0) is 32.1 Å². The van der Waals surface area contributed by atoms with E-state index in [1.807, 2.05) is 0 Å². The molecule has 2 aliphatic carbocycles. The average Bonchev–Trinajstić information content (AvgIpc) is 3.12. The number of rotatable bonds is 3. The molecule has 1 N–H and O–H groups in total. The van der Waals surface area contributed by atoms with Crippen molar-refractivity contribution in [1.82, 2.24) is 10.2 Å². The highest BCUT2D eigenvalue weighted by molar-refractivity contribution is 7.15. The van der Waals surface area contributed by atoms with Crippen LogP contribution in [0.25, 0.3) is 0 Å². The van der Waals surface area contributed by atoms with Crippen molar-refractivity contribution in [2.24, 2.45) is 5.92 Å². The van der Waals surface area contributed by atoms with Crippen LogP contribution in [0.1, 0.15) is 43.0 Å². The number of nitrogens with one attached hydrogen (secondary N) is 1. The molecule has 5 heteroatoms. The third-order valence-electron chi connectivity index (χ3n) is 3.24. The average molecular weight is 249 g/mol. The summed E-state index contributed by atoms with van der Waals surface area (Å²) in [5.74, 6) is 0.803. The molecule has 1 aromatic heterocycles. The highest BCUT2D eigenvalue weighted by atomic mass is 32.1. The molecule has 1 fully saturated rings. The van der Waals surface area contributed by atoms with Crippen LogP contribution in [-0.2, 0) is 4.79 Å². The number of nitrogens with zero attached hydrogens (tertiary/aromatic N) is 2. The summed E-state index contributed by atoms with van der Waals surface area (Å²) in [7, 11) is 0. The molecule has 0 aromatic carbocycles. The maximum atomic E-state index is 12.0. The summed E-state index contributed by atoms with van der Waals surface area (Å²) in [5.41, 5.74) is 0. The van der Waals surface area contributed by atoms with Crippen LogP contribution in [-0.4, -0.2) is 16.1 Å². The van der Waals surface area contributed by atoms with E-state index in [0.29, 0.717) is 11.0 Å². The Bertz CT molecular complexity index is 450. The monoisotopic (exact) mass is 249 g/mol. The smallest absolute Gasteiger partial charge is 0.229 e. The zero-order valence-corrected chi connectivity index (χ0v) is 10.4. The number of allylic oxidation sites excluding steroid dienone is 2. The van der Waals surface area contributed by atoms with Gasteiger partial charge in [0.15, 0.2) is 0 Å². The van der Waals surface area contributed by atoms with Gasteiger partial charge in [-0.1, -0.05) is 23.5 Å². The van der Waals surface area contributed by atoms with E-state index in [4.69, 9.17) is 0 Å². The summed E-state index contributed by atoms with van der Waals surface area (Å²) in [6.45, 7) is 0. The summed E-state index contributed by atoms with van der Waals surface area (Å²) in [6.07, 6.45) is 9.45. The van der Waals surface area contributed by atoms with Crippen molar-refractivity contribution in [3.63, 3.8) is 0 Å². The van der Waals surface area contributed by atoms with Crippen molar-refractivity contribution in [3.8, 4) is 0 Å². The molecule has 0 spiro atoms. The van der Waals surface area contributed by atoms with E-state index in [-0.39, 0.29) is 11.8 Å². The molecule has 17 heavy (non-hydrogen) atoms. The highest BCUT2D eigenvalue weighted by Gasteiger charge is 2.28. The summed E-state index contributed by atoms with van der Waals surface area (Å²) in [4.78, 5) is 12.0. The standard InChI is InChI=1S/C12H15N3OS/c16-10(8-4-2-1-3-5-8)13-12-15-14-11(17-12)9-6-7-9/h1-2,8-9H,3-7H2,(H,13,15,16). The Morgan fingerprint density at radius 3 is 2.88 bits per heavy atom. The van der Waals surface area contributed by atoms with Gasteiger partial charge in [0, 0.05) is 11.8 Å². The van der Waals surface area contributed by atoms with Crippen LogP contribution in [0.5, 0.6) is 0 Å². The largest absolute Gasteiger partial charge is 0.300 e. The van der Waals surface area contributed by atoms with Crippen molar-refractivity contribution in [1.29, 1.82) is 0 Å². The molecular formula is C12H15N3OS. The predicted molar refractivity (Wildman–Crippen MR) is 67.0 cm³/mol. The molecular weight excluding hydrogens is 234 g/mol. The molecule has 0 radical (unpaired) electrons. The molecule has 1 heterocycles. The summed E-state index contributed by atoms with van der Waals surface area (Å²) < 4.78 is 0. The van der Waals surface area contributed by atoms with E-state index in [2.05, 4.69) is 27.7 Å². The second-order valence-corrected chi connectivity index (χ2v) is 5.70. The third kappa shape index (κ3) is 2.54. The Balaban J connectivity index is 1.60. The normalized spacial score (nSPS) is 23.6. The van der Waals surface area contributed by atoms with Crippen LogP contribution in [0.15, 0.2) is 12.2 Å². The maximum Gasteiger partial charge on any atom is 0.229 e. The van der Waals surface area contributed by atoms with Crippen LogP contribution in [0.4, 0.5) is 5.13 Å². The molecule has 3 rings (SSSR count). The van der Waals surface area contributed by atoms with Crippen molar-refractivity contribution < 1.29 is 4.79 Å². The minimum absolute atomic E-state index is 0.0906. The number of hydrogen-bond acceptors (Lipinski definition) is 4. The SMILES string of the molecule is O=C(Nc1nnc(C2CC2)s1)C1CC=CCC1. The van der Waals surface area contributed by atoms with Crippen molar-refractivity contribution in [2.45, 2.75) is 38.0 Å². The third-order valence-corrected chi connectivity index (χ3v) is 4.24. The van der Waals surface area contributed by atoms with Crippen LogP contribution < -0.4 is 5.32 Å². The van der Waals surface area contributed by atoms with E-state index >= 15 is 0 Å². The summed E-state index contributed by atoms with van der Waals surface area (Å²) >= 11 is 1.52. The van der Waals surface area contributed by atoms with E-state index < -0.39 is 0 Å². The Hall–Kier alpha value is -1.23. The van der Waals surface area contributed by atoms with E-state index in [1.165, 1.54) is 24.2 Å². The fraction of sp³-hybridized carbons (Fsp3) is 0.583. The van der Waals surface area contributed by atoms with Gasteiger partial charge in [0.05, 0.1) is 0 Å². The van der Waals surface area contributed by atoms with Gasteiger partial charge in [-0.3, -0.25) is 4.79 Å². The first-order valence-electron chi connectivity index (χ1n) is 6.12. The van der Waals surface area contributed by atoms with Gasteiger partial charge in [0.2, 0.25) is 11.0 Å². The van der Waals surface area contributed by atoms with Gasteiger partial charge in [-0.15, -0.1) is 10.2 Å². The molecule has 1 amide bonds. The zero-order chi connectivity index (χ0) is 11.7.